The Morgan fingerprint density at radius 2 is 2.25 bits per heavy atom. The van der Waals surface area contributed by atoms with Gasteiger partial charge in [-0.25, -0.2) is 4.68 Å². The largest absolute Gasteiger partial charge is 0.381 e. The first-order valence-electron chi connectivity index (χ1n) is 4.72. The summed E-state index contributed by atoms with van der Waals surface area (Å²) in [5.41, 5.74) is 0.112. The third-order valence-electron chi connectivity index (χ3n) is 1.89. The van der Waals surface area contributed by atoms with Gasteiger partial charge in [0.15, 0.2) is 0 Å². The molecule has 0 bridgehead atoms. The van der Waals surface area contributed by atoms with Crippen LogP contribution in [0.15, 0.2) is 11.0 Å². The minimum absolute atomic E-state index is 0.0975. The summed E-state index contributed by atoms with van der Waals surface area (Å²) in [6, 6.07) is 0. The second-order valence-electron chi connectivity index (χ2n) is 3.21. The van der Waals surface area contributed by atoms with Gasteiger partial charge in [0, 0.05) is 27.1 Å². The number of rotatable bonds is 4. The molecule has 0 spiro atoms. The summed E-state index contributed by atoms with van der Waals surface area (Å²) in [6.45, 7) is 2.38. The van der Waals surface area contributed by atoms with Crippen LogP contribution in [-0.2, 0) is 11.8 Å². The minimum Gasteiger partial charge on any atom is -0.381 e. The number of halogens is 1. The van der Waals surface area contributed by atoms with E-state index in [0.29, 0.717) is 18.8 Å². The first kappa shape index (κ1) is 12.5. The summed E-state index contributed by atoms with van der Waals surface area (Å²) in [5.74, 6) is -0.102. The quantitative estimate of drug-likeness (QED) is 0.730. The molecule has 0 aliphatic heterocycles. The van der Waals surface area contributed by atoms with Crippen molar-refractivity contribution < 1.29 is 4.79 Å². The van der Waals surface area contributed by atoms with E-state index in [0.717, 1.165) is 4.68 Å². The number of nitrogens with zero attached hydrogens (tertiary/aromatic N) is 2. The zero-order chi connectivity index (χ0) is 12.1. The van der Waals surface area contributed by atoms with Crippen LogP contribution in [0.1, 0.15) is 6.92 Å². The number of anilines is 1. The van der Waals surface area contributed by atoms with Crippen molar-refractivity contribution in [2.24, 2.45) is 7.05 Å². The lowest BCUT2D eigenvalue weighted by atomic mass is 10.4. The molecule has 0 saturated carbocycles. The minimum atomic E-state index is -0.355. The average molecular weight is 245 g/mol. The van der Waals surface area contributed by atoms with Crippen LogP contribution < -0.4 is 16.2 Å². The van der Waals surface area contributed by atoms with Crippen molar-refractivity contribution in [1.29, 1.82) is 0 Å². The van der Waals surface area contributed by atoms with Gasteiger partial charge < -0.3 is 10.6 Å². The van der Waals surface area contributed by atoms with E-state index < -0.39 is 0 Å². The Balaban J connectivity index is 2.58. The number of carbonyl (C=O) groups is 1. The molecule has 2 N–H and O–H groups in total. The highest BCUT2D eigenvalue weighted by molar-refractivity contribution is 6.32. The molecule has 1 heterocycles. The van der Waals surface area contributed by atoms with Crippen LogP contribution in [0.25, 0.3) is 0 Å². The van der Waals surface area contributed by atoms with Crippen molar-refractivity contribution in [3.8, 4) is 0 Å². The van der Waals surface area contributed by atoms with E-state index in [1.165, 1.54) is 20.2 Å². The summed E-state index contributed by atoms with van der Waals surface area (Å²) < 4.78 is 1.15. The molecular formula is C9H13ClN4O2. The molecule has 0 atom stereocenters. The predicted molar refractivity (Wildman–Crippen MR) is 61.7 cm³/mol. The molecule has 0 radical (unpaired) electrons. The third kappa shape index (κ3) is 3.23. The van der Waals surface area contributed by atoms with Crippen LogP contribution in [0, 0.1) is 0 Å². The predicted octanol–water partition coefficient (Wildman–Crippen LogP) is -0.0183. The SMILES string of the molecule is CC(=O)NCCNc1cnn(C)c(=O)c1Cl. The Morgan fingerprint density at radius 3 is 2.88 bits per heavy atom. The lowest BCUT2D eigenvalue weighted by Crippen LogP contribution is -2.27. The molecular weight excluding hydrogens is 232 g/mol. The monoisotopic (exact) mass is 244 g/mol. The van der Waals surface area contributed by atoms with Crippen LogP contribution >= 0.6 is 11.6 Å². The molecule has 1 aromatic heterocycles. The smallest absolute Gasteiger partial charge is 0.287 e. The Morgan fingerprint density at radius 1 is 1.56 bits per heavy atom. The highest BCUT2D eigenvalue weighted by atomic mass is 35.5. The second kappa shape index (κ2) is 5.50. The molecule has 7 heteroatoms. The summed E-state index contributed by atoms with van der Waals surface area (Å²) in [4.78, 5) is 22.0. The van der Waals surface area contributed by atoms with Gasteiger partial charge in [-0.3, -0.25) is 9.59 Å². The van der Waals surface area contributed by atoms with Crippen molar-refractivity contribution in [3.63, 3.8) is 0 Å². The Labute approximate surface area is 97.6 Å². The molecule has 0 fully saturated rings. The normalized spacial score (nSPS) is 9.94. The van der Waals surface area contributed by atoms with Gasteiger partial charge in [-0.2, -0.15) is 5.10 Å². The second-order valence-corrected chi connectivity index (χ2v) is 3.59. The number of hydrogen-bond donors (Lipinski definition) is 2. The van der Waals surface area contributed by atoms with Gasteiger partial charge in [0.05, 0.1) is 11.9 Å². The van der Waals surface area contributed by atoms with Crippen molar-refractivity contribution >= 4 is 23.2 Å². The number of aryl methyl sites for hydroxylation is 1. The average Bonchev–Trinajstić information content (AvgIpc) is 2.23. The van der Waals surface area contributed by atoms with Crippen LogP contribution in [0.3, 0.4) is 0 Å². The highest BCUT2D eigenvalue weighted by Crippen LogP contribution is 2.13. The van der Waals surface area contributed by atoms with E-state index in [-0.39, 0.29) is 16.5 Å². The fraction of sp³-hybridized carbons (Fsp3) is 0.444. The molecule has 0 aliphatic carbocycles. The summed E-state index contributed by atoms with van der Waals surface area (Å²) in [5, 5.41) is 9.45. The van der Waals surface area contributed by atoms with Crippen LogP contribution in [-0.4, -0.2) is 28.8 Å². The van der Waals surface area contributed by atoms with Gasteiger partial charge in [0.25, 0.3) is 5.56 Å². The van der Waals surface area contributed by atoms with Crippen LogP contribution in [0.4, 0.5) is 5.69 Å². The van der Waals surface area contributed by atoms with Crippen LogP contribution in [0.5, 0.6) is 0 Å². The first-order chi connectivity index (χ1) is 7.52. The van der Waals surface area contributed by atoms with Crippen molar-refractivity contribution in [2.45, 2.75) is 6.92 Å². The summed E-state index contributed by atoms with van der Waals surface area (Å²) in [7, 11) is 1.52. The van der Waals surface area contributed by atoms with Gasteiger partial charge >= 0.3 is 0 Å². The summed E-state index contributed by atoms with van der Waals surface area (Å²) in [6.07, 6.45) is 1.47. The van der Waals surface area contributed by atoms with E-state index in [4.69, 9.17) is 11.6 Å². The molecule has 1 aromatic rings. The molecule has 0 saturated heterocycles. The van der Waals surface area contributed by atoms with E-state index in [2.05, 4.69) is 15.7 Å². The number of aromatic nitrogens is 2. The lowest BCUT2D eigenvalue weighted by Gasteiger charge is -2.08. The van der Waals surface area contributed by atoms with Crippen molar-refractivity contribution in [2.75, 3.05) is 18.4 Å². The highest BCUT2D eigenvalue weighted by Gasteiger charge is 2.06. The van der Waals surface area contributed by atoms with Gasteiger partial charge in [0.2, 0.25) is 5.91 Å². The van der Waals surface area contributed by atoms with E-state index >= 15 is 0 Å². The van der Waals surface area contributed by atoms with E-state index in [9.17, 15) is 9.59 Å². The fourth-order valence-corrected chi connectivity index (χ4v) is 1.31. The number of carbonyl (C=O) groups excluding carboxylic acids is 1. The zero-order valence-electron chi connectivity index (χ0n) is 9.08. The molecule has 0 aliphatic rings. The molecule has 0 unspecified atom stereocenters. The zero-order valence-corrected chi connectivity index (χ0v) is 9.84. The maximum Gasteiger partial charge on any atom is 0.287 e. The standard InChI is InChI=1S/C9H13ClN4O2/c1-6(15)11-3-4-12-7-5-13-14(2)9(16)8(7)10/h5,12H,3-4H2,1-2H3,(H,11,15). The molecule has 1 amide bonds. The van der Waals surface area contributed by atoms with Crippen molar-refractivity contribution in [1.82, 2.24) is 15.1 Å². The number of amides is 1. The van der Waals surface area contributed by atoms with E-state index in [1.54, 1.807) is 0 Å². The van der Waals surface area contributed by atoms with E-state index in [1.807, 2.05) is 0 Å². The molecule has 6 nitrogen and oxygen atoms in total. The molecule has 16 heavy (non-hydrogen) atoms. The first-order valence-corrected chi connectivity index (χ1v) is 5.10. The Bertz CT molecular complexity index is 444. The Hall–Kier alpha value is -1.56. The van der Waals surface area contributed by atoms with Gasteiger partial charge in [-0.05, 0) is 0 Å². The number of nitrogens with one attached hydrogen (secondary N) is 2. The maximum atomic E-state index is 11.4. The van der Waals surface area contributed by atoms with Gasteiger partial charge in [0.1, 0.15) is 5.02 Å². The molecule has 1 rings (SSSR count). The number of hydrogen-bond acceptors (Lipinski definition) is 4. The molecule has 88 valence electrons. The Kier molecular flexibility index (Phi) is 4.30. The molecule has 0 aromatic carbocycles. The topological polar surface area (TPSA) is 76.0 Å². The van der Waals surface area contributed by atoms with Crippen LogP contribution in [0.2, 0.25) is 5.02 Å². The van der Waals surface area contributed by atoms with Crippen molar-refractivity contribution in [3.05, 3.63) is 21.6 Å². The lowest BCUT2D eigenvalue weighted by molar-refractivity contribution is -0.118. The third-order valence-corrected chi connectivity index (χ3v) is 2.26. The van der Waals surface area contributed by atoms with Gasteiger partial charge in [-0.15, -0.1) is 0 Å². The van der Waals surface area contributed by atoms with Gasteiger partial charge in [-0.1, -0.05) is 11.6 Å². The summed E-state index contributed by atoms with van der Waals surface area (Å²) >= 11 is 5.82. The fourth-order valence-electron chi connectivity index (χ4n) is 1.07. The maximum absolute atomic E-state index is 11.4.